The van der Waals surface area contributed by atoms with Crippen molar-refractivity contribution < 1.29 is 24.1 Å². The molecule has 1 unspecified atom stereocenters. The summed E-state index contributed by atoms with van der Waals surface area (Å²) in [5.41, 5.74) is 2.50. The molecule has 2 fully saturated rings. The van der Waals surface area contributed by atoms with Gasteiger partial charge in [-0.25, -0.2) is 15.0 Å². The zero-order chi connectivity index (χ0) is 28.7. The number of rotatable bonds is 8. The first-order valence-corrected chi connectivity index (χ1v) is 13.8. The Balaban J connectivity index is 1.39. The number of aliphatic hydroxyl groups excluding tert-OH is 1. The maximum Gasteiger partial charge on any atom is 0.168 e. The smallest absolute Gasteiger partial charge is 0.168 e. The molecule has 3 aromatic carbocycles. The number of imidazole rings is 1. The zero-order valence-electron chi connectivity index (χ0n) is 23.3. The molecule has 0 radical (unpaired) electrons. The lowest BCUT2D eigenvalue weighted by molar-refractivity contribution is -0.130. The number of ether oxygens (including phenoxy) is 4. The summed E-state index contributed by atoms with van der Waals surface area (Å²) >= 11 is 0. The van der Waals surface area contributed by atoms with E-state index in [0.29, 0.717) is 17.0 Å². The molecule has 0 spiro atoms. The first-order valence-electron chi connectivity index (χ1n) is 13.8. The Morgan fingerprint density at radius 3 is 2.26 bits per heavy atom. The maximum atomic E-state index is 9.96. The molecule has 2 N–H and O–H groups in total. The van der Waals surface area contributed by atoms with Crippen LogP contribution >= 0.6 is 0 Å². The van der Waals surface area contributed by atoms with E-state index in [2.05, 4.69) is 46.7 Å². The van der Waals surface area contributed by atoms with E-state index < -0.39 is 29.6 Å². The molecule has 214 valence electrons. The number of fused-ring (bicyclic) bond motifs is 2. The molecule has 10 nitrogen and oxygen atoms in total. The van der Waals surface area contributed by atoms with Crippen LogP contribution in [0.15, 0.2) is 97.6 Å². The van der Waals surface area contributed by atoms with E-state index in [9.17, 15) is 5.11 Å². The van der Waals surface area contributed by atoms with Gasteiger partial charge in [0.05, 0.1) is 20.0 Å². The van der Waals surface area contributed by atoms with Crippen molar-refractivity contribution >= 4 is 17.0 Å². The van der Waals surface area contributed by atoms with E-state index in [1.54, 1.807) is 13.4 Å². The second kappa shape index (κ2) is 10.5. The van der Waals surface area contributed by atoms with Crippen molar-refractivity contribution in [2.75, 3.05) is 25.8 Å². The molecule has 0 amide bonds. The van der Waals surface area contributed by atoms with Gasteiger partial charge in [0.15, 0.2) is 23.2 Å². The number of methoxy groups -OCH3 is 1. The van der Waals surface area contributed by atoms with Crippen LogP contribution in [0.25, 0.3) is 11.2 Å². The molecule has 7 rings (SSSR count). The van der Waals surface area contributed by atoms with Crippen LogP contribution in [0.1, 0.15) is 29.8 Å². The quantitative estimate of drug-likeness (QED) is 0.267. The van der Waals surface area contributed by atoms with E-state index in [1.807, 2.05) is 60.0 Å². The van der Waals surface area contributed by atoms with Crippen molar-refractivity contribution in [2.45, 2.75) is 36.5 Å². The molecule has 2 aliphatic heterocycles. The fourth-order valence-corrected chi connectivity index (χ4v) is 6.25. The molecule has 0 aliphatic carbocycles. The average molecular weight is 566 g/mol. The Bertz CT molecular complexity index is 1640. The summed E-state index contributed by atoms with van der Waals surface area (Å²) in [6.07, 6.45) is 1.65. The standard InChI is InChI=1S/C32H31N5O5/c1-31-27(40-20-41-31)25(17-38)42-30(31)37-19-35-26-28(33-18-34-29(26)37)36-32(21-9-5-3-6-10-21,22-11-7-4-8-12-22)23-13-15-24(39-2)16-14-23/h3-16,18-19,25,27,30,38H,17,20H2,1-2H3,(H,33,34,36)/t25?,27-,30-,31-/m1/s1. The largest absolute Gasteiger partial charge is 0.497 e. The highest BCUT2D eigenvalue weighted by Gasteiger charge is 2.59. The molecule has 42 heavy (non-hydrogen) atoms. The van der Waals surface area contributed by atoms with Crippen LogP contribution in [-0.2, 0) is 19.7 Å². The van der Waals surface area contributed by atoms with E-state index in [-0.39, 0.29) is 13.4 Å². The summed E-state index contributed by atoms with van der Waals surface area (Å²) in [4.78, 5) is 14.1. The molecule has 4 atom stereocenters. The van der Waals surface area contributed by atoms with Crippen molar-refractivity contribution in [3.63, 3.8) is 0 Å². The molecule has 2 aromatic heterocycles. The Morgan fingerprint density at radius 1 is 0.952 bits per heavy atom. The van der Waals surface area contributed by atoms with Gasteiger partial charge in [-0.3, -0.25) is 4.57 Å². The van der Waals surface area contributed by atoms with Crippen molar-refractivity contribution in [3.8, 4) is 5.75 Å². The van der Waals surface area contributed by atoms with E-state index in [1.165, 1.54) is 6.33 Å². The second-order valence-electron chi connectivity index (χ2n) is 10.6. The molecule has 0 saturated carbocycles. The van der Waals surface area contributed by atoms with Crippen molar-refractivity contribution in [2.24, 2.45) is 0 Å². The highest BCUT2D eigenvalue weighted by atomic mass is 16.8. The van der Waals surface area contributed by atoms with Crippen molar-refractivity contribution in [1.29, 1.82) is 0 Å². The van der Waals surface area contributed by atoms with Gasteiger partial charge in [-0.15, -0.1) is 0 Å². The number of aromatic nitrogens is 4. The van der Waals surface area contributed by atoms with Crippen LogP contribution in [0.2, 0.25) is 0 Å². The number of benzene rings is 3. The first-order chi connectivity index (χ1) is 20.6. The number of nitrogens with one attached hydrogen (secondary N) is 1. The summed E-state index contributed by atoms with van der Waals surface area (Å²) < 4.78 is 25.3. The van der Waals surface area contributed by atoms with Gasteiger partial charge in [0.1, 0.15) is 42.2 Å². The fraction of sp³-hybridized carbons (Fsp3) is 0.281. The monoisotopic (exact) mass is 565 g/mol. The number of nitrogens with zero attached hydrogens (tertiary/aromatic N) is 4. The highest BCUT2D eigenvalue weighted by molar-refractivity contribution is 5.84. The van der Waals surface area contributed by atoms with Gasteiger partial charge in [-0.1, -0.05) is 72.8 Å². The van der Waals surface area contributed by atoms with Crippen molar-refractivity contribution in [3.05, 3.63) is 114 Å². The third kappa shape index (κ3) is 4.06. The fourth-order valence-electron chi connectivity index (χ4n) is 6.25. The normalized spacial score (nSPS) is 23.6. The van der Waals surface area contributed by atoms with Gasteiger partial charge in [0, 0.05) is 0 Å². The Kier molecular flexibility index (Phi) is 6.63. The molecular weight excluding hydrogens is 534 g/mol. The van der Waals surface area contributed by atoms with Crippen LogP contribution in [0, 0.1) is 0 Å². The van der Waals surface area contributed by atoms with E-state index >= 15 is 0 Å². The predicted octanol–water partition coefficient (Wildman–Crippen LogP) is 4.26. The Morgan fingerprint density at radius 2 is 1.62 bits per heavy atom. The number of hydrogen-bond acceptors (Lipinski definition) is 9. The maximum absolute atomic E-state index is 9.96. The lowest BCUT2D eigenvalue weighted by Crippen LogP contribution is -2.41. The summed E-state index contributed by atoms with van der Waals surface area (Å²) in [6.45, 7) is 1.87. The van der Waals surface area contributed by atoms with Gasteiger partial charge in [-0.2, -0.15) is 0 Å². The van der Waals surface area contributed by atoms with Crippen molar-refractivity contribution in [1.82, 2.24) is 19.5 Å². The van der Waals surface area contributed by atoms with Crippen LogP contribution < -0.4 is 10.1 Å². The average Bonchev–Trinajstić information content (AvgIpc) is 3.73. The summed E-state index contributed by atoms with van der Waals surface area (Å²) in [6, 6.07) is 28.5. The van der Waals surface area contributed by atoms with Crippen LogP contribution in [0.4, 0.5) is 5.82 Å². The van der Waals surface area contributed by atoms with Crippen LogP contribution in [0.5, 0.6) is 5.75 Å². The second-order valence-corrected chi connectivity index (χ2v) is 10.6. The van der Waals surface area contributed by atoms with Crippen LogP contribution in [-0.4, -0.2) is 62.9 Å². The number of hydrogen-bond donors (Lipinski definition) is 2. The minimum absolute atomic E-state index is 0.129. The number of anilines is 1. The molecule has 10 heteroatoms. The number of aliphatic hydroxyl groups is 1. The van der Waals surface area contributed by atoms with E-state index in [0.717, 1.165) is 22.4 Å². The zero-order valence-corrected chi connectivity index (χ0v) is 23.3. The summed E-state index contributed by atoms with van der Waals surface area (Å²) in [5.74, 6) is 1.31. The van der Waals surface area contributed by atoms with Gasteiger partial charge in [0.2, 0.25) is 0 Å². The summed E-state index contributed by atoms with van der Waals surface area (Å²) in [5, 5.41) is 13.8. The SMILES string of the molecule is COc1ccc(C(Nc2ncnc3c2ncn3[C@@H]2OC(CO)[C@H]3OCO[C@]32C)(c2ccccc2)c2ccccc2)cc1. The predicted molar refractivity (Wildman–Crippen MR) is 155 cm³/mol. The molecular formula is C32H31N5O5. The van der Waals surface area contributed by atoms with E-state index in [4.69, 9.17) is 28.9 Å². The lowest BCUT2D eigenvalue weighted by atomic mass is 9.77. The minimum Gasteiger partial charge on any atom is -0.497 e. The Labute approximate surface area is 242 Å². The molecule has 2 aliphatic rings. The third-order valence-corrected chi connectivity index (χ3v) is 8.35. The van der Waals surface area contributed by atoms with Crippen LogP contribution in [0.3, 0.4) is 0 Å². The van der Waals surface area contributed by atoms with Gasteiger partial charge < -0.3 is 29.4 Å². The molecule has 2 saturated heterocycles. The first kappa shape index (κ1) is 26.5. The molecule has 4 heterocycles. The Hall–Kier alpha value is -4.35. The van der Waals surface area contributed by atoms with Gasteiger partial charge in [-0.05, 0) is 35.7 Å². The van der Waals surface area contributed by atoms with Gasteiger partial charge in [0.25, 0.3) is 0 Å². The topological polar surface area (TPSA) is 113 Å². The minimum atomic E-state index is -0.842. The highest BCUT2D eigenvalue weighted by Crippen LogP contribution is 2.47. The third-order valence-electron chi connectivity index (χ3n) is 8.35. The molecule has 0 bridgehead atoms. The molecule has 5 aromatic rings. The lowest BCUT2D eigenvalue weighted by Gasteiger charge is -2.37. The van der Waals surface area contributed by atoms with Gasteiger partial charge >= 0.3 is 0 Å². The summed E-state index contributed by atoms with van der Waals surface area (Å²) in [7, 11) is 1.66.